The number of hydrogen-bond donors (Lipinski definition) is 0. The third-order valence-electron chi connectivity index (χ3n) is 2.97. The van der Waals surface area contributed by atoms with Crippen LogP contribution in [0.3, 0.4) is 0 Å². The number of nitrogens with zero attached hydrogens (tertiary/aromatic N) is 1. The van der Waals surface area contributed by atoms with Gasteiger partial charge in [0.05, 0.1) is 0 Å². The summed E-state index contributed by atoms with van der Waals surface area (Å²) in [5.41, 5.74) is 0. The zero-order chi connectivity index (χ0) is 10.1. The summed E-state index contributed by atoms with van der Waals surface area (Å²) in [6.45, 7) is 5.97. The second-order valence-corrected chi connectivity index (χ2v) is 4.35. The molecule has 0 aromatic heterocycles. The highest BCUT2D eigenvalue weighted by Crippen LogP contribution is 2.08. The maximum atomic E-state index is 2.52. The average molecular weight is 195 g/mol. The van der Waals surface area contributed by atoms with E-state index in [9.17, 15) is 0 Å². The average Bonchev–Trinajstić information content (AvgIpc) is 2.69. The summed E-state index contributed by atoms with van der Waals surface area (Å²) in [7, 11) is 0. The van der Waals surface area contributed by atoms with Crippen molar-refractivity contribution in [3.8, 4) is 0 Å². The molecule has 0 aliphatic carbocycles. The Morgan fingerprint density at radius 2 is 1.43 bits per heavy atom. The van der Waals surface area contributed by atoms with Crippen molar-refractivity contribution in [1.29, 1.82) is 0 Å². The van der Waals surface area contributed by atoms with Crippen LogP contribution in [-0.2, 0) is 0 Å². The molecule has 1 heterocycles. The number of hydrogen-bond acceptors (Lipinski definition) is 1. The van der Waals surface area contributed by atoms with Crippen LogP contribution in [0.15, 0.2) is 12.2 Å². The third-order valence-corrected chi connectivity index (χ3v) is 2.97. The lowest BCUT2D eigenvalue weighted by Crippen LogP contribution is -2.20. The summed E-state index contributed by atoms with van der Waals surface area (Å²) in [5.74, 6) is 0. The topological polar surface area (TPSA) is 3.24 Å². The van der Waals surface area contributed by atoms with Gasteiger partial charge in [-0.25, -0.2) is 0 Å². The first-order chi connectivity index (χ1) is 6.93. The molecule has 0 aromatic carbocycles. The zero-order valence-corrected chi connectivity index (χ0v) is 9.67. The molecule has 1 rings (SSSR count). The molecule has 0 radical (unpaired) electrons. The van der Waals surface area contributed by atoms with Crippen molar-refractivity contribution in [3.63, 3.8) is 0 Å². The second kappa shape index (κ2) is 8.05. The molecule has 1 nitrogen and oxygen atoms in total. The molecule has 0 N–H and O–H groups in total. The Hall–Kier alpha value is -0.300. The van der Waals surface area contributed by atoms with Crippen molar-refractivity contribution in [2.45, 2.75) is 51.9 Å². The highest BCUT2D eigenvalue weighted by Gasteiger charge is 2.04. The van der Waals surface area contributed by atoms with E-state index in [4.69, 9.17) is 0 Å². The summed E-state index contributed by atoms with van der Waals surface area (Å²) in [5, 5.41) is 0. The van der Waals surface area contributed by atoms with Crippen LogP contribution in [0.25, 0.3) is 0 Å². The van der Waals surface area contributed by atoms with Crippen LogP contribution in [0.5, 0.6) is 0 Å². The molecule has 0 saturated carbocycles. The lowest BCUT2D eigenvalue weighted by atomic mass is 10.1. The Balaban J connectivity index is 1.75. The minimum atomic E-state index is 1.19. The Morgan fingerprint density at radius 1 is 0.857 bits per heavy atom. The molecular weight excluding hydrogens is 170 g/mol. The van der Waals surface area contributed by atoms with E-state index in [1.165, 1.54) is 64.6 Å². The van der Waals surface area contributed by atoms with Crippen molar-refractivity contribution in [2.75, 3.05) is 19.6 Å². The van der Waals surface area contributed by atoms with Gasteiger partial charge in [-0.3, -0.25) is 4.90 Å². The Bertz CT molecular complexity index is 143. The molecule has 0 atom stereocenters. The molecule has 1 aliphatic rings. The molecule has 0 unspecified atom stereocenters. The molecule has 0 bridgehead atoms. The van der Waals surface area contributed by atoms with Crippen molar-refractivity contribution >= 4 is 0 Å². The third kappa shape index (κ3) is 5.43. The normalized spacial score (nSPS) is 16.6. The molecule has 0 amide bonds. The van der Waals surface area contributed by atoms with Crippen LogP contribution in [-0.4, -0.2) is 24.5 Å². The predicted octanol–water partition coefficient (Wildman–Crippen LogP) is 3.61. The van der Waals surface area contributed by atoms with E-state index in [2.05, 4.69) is 24.0 Å². The monoisotopic (exact) mass is 195 g/mol. The van der Waals surface area contributed by atoms with E-state index in [1.54, 1.807) is 0 Å². The molecule has 0 spiro atoms. The maximum Gasteiger partial charge on any atom is 0.0166 e. The van der Waals surface area contributed by atoms with E-state index in [0.29, 0.717) is 0 Å². The molecule has 0 saturated heterocycles. The highest BCUT2D eigenvalue weighted by molar-refractivity contribution is 4.94. The van der Waals surface area contributed by atoms with Crippen molar-refractivity contribution in [1.82, 2.24) is 4.90 Å². The molecular formula is C13H25N. The van der Waals surface area contributed by atoms with Gasteiger partial charge in [0, 0.05) is 13.1 Å². The first-order valence-corrected chi connectivity index (χ1v) is 6.31. The van der Waals surface area contributed by atoms with Gasteiger partial charge in [-0.15, -0.1) is 0 Å². The summed E-state index contributed by atoms with van der Waals surface area (Å²) in [6.07, 6.45) is 14.5. The standard InChI is InChI=1S/C13H25N/c1-2-3-4-5-6-7-8-11-14-12-9-10-13-14/h9-10H,2-8,11-13H2,1H3. The Morgan fingerprint density at radius 3 is 2.07 bits per heavy atom. The number of unbranched alkanes of at least 4 members (excludes halogenated alkanes) is 6. The van der Waals surface area contributed by atoms with Gasteiger partial charge >= 0.3 is 0 Å². The predicted molar refractivity (Wildman–Crippen MR) is 63.6 cm³/mol. The second-order valence-electron chi connectivity index (χ2n) is 4.35. The Kier molecular flexibility index (Phi) is 6.77. The summed E-state index contributed by atoms with van der Waals surface area (Å²) in [6, 6.07) is 0. The quantitative estimate of drug-likeness (QED) is 0.422. The van der Waals surface area contributed by atoms with Crippen molar-refractivity contribution < 1.29 is 0 Å². The van der Waals surface area contributed by atoms with E-state index in [0.717, 1.165) is 0 Å². The minimum Gasteiger partial charge on any atom is -0.296 e. The van der Waals surface area contributed by atoms with Crippen LogP contribution in [0.2, 0.25) is 0 Å². The van der Waals surface area contributed by atoms with Gasteiger partial charge in [-0.1, -0.05) is 57.6 Å². The summed E-state index contributed by atoms with van der Waals surface area (Å²) >= 11 is 0. The number of rotatable bonds is 8. The van der Waals surface area contributed by atoms with Crippen molar-refractivity contribution in [3.05, 3.63) is 12.2 Å². The fourth-order valence-electron chi connectivity index (χ4n) is 2.00. The molecule has 82 valence electrons. The summed E-state index contributed by atoms with van der Waals surface area (Å²) in [4.78, 5) is 2.52. The van der Waals surface area contributed by atoms with Crippen LogP contribution in [0.4, 0.5) is 0 Å². The SMILES string of the molecule is CCCCCCCCCN1CC=CC1. The highest BCUT2D eigenvalue weighted by atomic mass is 15.1. The fourth-order valence-corrected chi connectivity index (χ4v) is 2.00. The lowest BCUT2D eigenvalue weighted by molar-refractivity contribution is 0.340. The van der Waals surface area contributed by atoms with E-state index < -0.39 is 0 Å². The summed E-state index contributed by atoms with van der Waals surface area (Å²) < 4.78 is 0. The van der Waals surface area contributed by atoms with Crippen LogP contribution >= 0.6 is 0 Å². The molecule has 1 aliphatic heterocycles. The van der Waals surface area contributed by atoms with E-state index in [1.807, 2.05) is 0 Å². The molecule has 0 fully saturated rings. The molecule has 0 aromatic rings. The largest absolute Gasteiger partial charge is 0.296 e. The van der Waals surface area contributed by atoms with Crippen LogP contribution in [0, 0.1) is 0 Å². The van der Waals surface area contributed by atoms with Gasteiger partial charge in [0.1, 0.15) is 0 Å². The maximum absolute atomic E-state index is 2.52. The van der Waals surface area contributed by atoms with Gasteiger partial charge in [0.15, 0.2) is 0 Å². The van der Waals surface area contributed by atoms with Crippen LogP contribution in [0.1, 0.15) is 51.9 Å². The Labute approximate surface area is 89.2 Å². The van der Waals surface area contributed by atoms with E-state index in [-0.39, 0.29) is 0 Å². The minimum absolute atomic E-state index is 1.19. The molecule has 1 heteroatoms. The molecule has 14 heavy (non-hydrogen) atoms. The fraction of sp³-hybridized carbons (Fsp3) is 0.846. The van der Waals surface area contributed by atoms with Gasteiger partial charge in [-0.05, 0) is 13.0 Å². The smallest absolute Gasteiger partial charge is 0.0166 e. The van der Waals surface area contributed by atoms with Gasteiger partial charge in [0.25, 0.3) is 0 Å². The van der Waals surface area contributed by atoms with Gasteiger partial charge in [0.2, 0.25) is 0 Å². The first-order valence-electron chi connectivity index (χ1n) is 6.31. The van der Waals surface area contributed by atoms with Gasteiger partial charge in [-0.2, -0.15) is 0 Å². The lowest BCUT2D eigenvalue weighted by Gasteiger charge is -2.13. The van der Waals surface area contributed by atoms with Gasteiger partial charge < -0.3 is 0 Å². The zero-order valence-electron chi connectivity index (χ0n) is 9.67. The van der Waals surface area contributed by atoms with Crippen LogP contribution < -0.4 is 0 Å². The first kappa shape index (κ1) is 11.8. The van der Waals surface area contributed by atoms with Crippen molar-refractivity contribution in [2.24, 2.45) is 0 Å². The van der Waals surface area contributed by atoms with E-state index >= 15 is 0 Å².